The number of carbonyl (C=O) groups is 2. The first kappa shape index (κ1) is 15.1. The molecule has 0 aliphatic carbocycles. The topological polar surface area (TPSA) is 69.6 Å². The van der Waals surface area contributed by atoms with E-state index in [1.807, 2.05) is 0 Å². The number of rotatable bonds is 2. The Hall–Kier alpha value is -1.31. The van der Waals surface area contributed by atoms with E-state index in [-0.39, 0.29) is 18.4 Å². The lowest BCUT2D eigenvalue weighted by Crippen LogP contribution is -2.49. The smallest absolute Gasteiger partial charge is 0.406 e. The molecule has 20 heavy (non-hydrogen) atoms. The highest BCUT2D eigenvalue weighted by atomic mass is 19.4. The van der Waals surface area contributed by atoms with Crippen molar-refractivity contribution in [2.45, 2.75) is 25.4 Å². The fourth-order valence-corrected chi connectivity index (χ4v) is 2.85. The second kappa shape index (κ2) is 5.23. The number of carbonyl (C=O) groups excluding carboxylic acids is 1. The van der Waals surface area contributed by atoms with Crippen molar-refractivity contribution in [2.24, 2.45) is 11.3 Å². The lowest BCUT2D eigenvalue weighted by Gasteiger charge is -2.29. The summed E-state index contributed by atoms with van der Waals surface area (Å²) in [5.41, 5.74) is -2.81. The van der Waals surface area contributed by atoms with Gasteiger partial charge in [-0.15, -0.1) is 0 Å². The van der Waals surface area contributed by atoms with E-state index in [0.29, 0.717) is 13.0 Å². The fourth-order valence-electron chi connectivity index (χ4n) is 2.85. The summed E-state index contributed by atoms with van der Waals surface area (Å²) in [4.78, 5) is 24.3. The molecule has 2 fully saturated rings. The van der Waals surface area contributed by atoms with Crippen molar-refractivity contribution < 1.29 is 27.9 Å². The van der Waals surface area contributed by atoms with Gasteiger partial charge >= 0.3 is 12.1 Å². The largest absolute Gasteiger partial charge is 0.481 e. The first-order valence-electron chi connectivity index (χ1n) is 6.57. The minimum absolute atomic E-state index is 0.152. The van der Waals surface area contributed by atoms with Gasteiger partial charge in [0.2, 0.25) is 5.91 Å². The van der Waals surface area contributed by atoms with Gasteiger partial charge in [0.25, 0.3) is 0 Å². The van der Waals surface area contributed by atoms with Crippen LogP contribution < -0.4 is 5.32 Å². The van der Waals surface area contributed by atoms with Crippen molar-refractivity contribution >= 4 is 11.9 Å². The second-order valence-electron chi connectivity index (χ2n) is 5.44. The molecule has 2 aliphatic rings. The summed E-state index contributed by atoms with van der Waals surface area (Å²) in [6, 6.07) is 0. The lowest BCUT2D eigenvalue weighted by atomic mass is 9.86. The summed E-state index contributed by atoms with van der Waals surface area (Å²) >= 11 is 0. The molecule has 114 valence electrons. The van der Waals surface area contributed by atoms with E-state index < -0.39 is 30.5 Å². The van der Waals surface area contributed by atoms with Crippen LogP contribution in [0.3, 0.4) is 0 Å². The maximum Gasteiger partial charge on any atom is 0.406 e. The predicted molar refractivity (Wildman–Crippen MR) is 62.9 cm³/mol. The predicted octanol–water partition coefficient (Wildman–Crippen LogP) is 0.852. The van der Waals surface area contributed by atoms with Crippen molar-refractivity contribution in [2.75, 3.05) is 26.2 Å². The van der Waals surface area contributed by atoms with Crippen molar-refractivity contribution in [1.29, 1.82) is 0 Å². The van der Waals surface area contributed by atoms with E-state index in [2.05, 4.69) is 5.32 Å². The zero-order chi connectivity index (χ0) is 15.0. The lowest BCUT2D eigenvalue weighted by molar-refractivity contribution is -0.227. The van der Waals surface area contributed by atoms with Crippen LogP contribution in [0.15, 0.2) is 0 Å². The Balaban J connectivity index is 2.10. The van der Waals surface area contributed by atoms with Gasteiger partial charge in [0, 0.05) is 19.6 Å². The Morgan fingerprint density at radius 1 is 1.35 bits per heavy atom. The monoisotopic (exact) mass is 294 g/mol. The molecule has 2 heterocycles. The molecule has 2 rings (SSSR count). The Bertz CT molecular complexity index is 407. The van der Waals surface area contributed by atoms with Crippen molar-refractivity contribution in [3.8, 4) is 0 Å². The number of likely N-dealkylation sites (tertiary alicyclic amines) is 1. The quantitative estimate of drug-likeness (QED) is 0.792. The summed E-state index contributed by atoms with van der Waals surface area (Å²) < 4.78 is 39.0. The van der Waals surface area contributed by atoms with Crippen LogP contribution in [0.1, 0.15) is 19.3 Å². The molecule has 1 amide bonds. The third kappa shape index (κ3) is 2.48. The molecule has 8 heteroatoms. The third-order valence-electron chi connectivity index (χ3n) is 4.18. The minimum Gasteiger partial charge on any atom is -0.481 e. The summed E-state index contributed by atoms with van der Waals surface area (Å²) in [7, 11) is 0. The van der Waals surface area contributed by atoms with Gasteiger partial charge in [0.1, 0.15) is 0 Å². The van der Waals surface area contributed by atoms with Crippen LogP contribution >= 0.6 is 0 Å². The van der Waals surface area contributed by atoms with Gasteiger partial charge in [-0.2, -0.15) is 13.2 Å². The number of halogens is 3. The van der Waals surface area contributed by atoms with Crippen LogP contribution in [0.5, 0.6) is 0 Å². The highest BCUT2D eigenvalue weighted by Crippen LogP contribution is 2.46. The Morgan fingerprint density at radius 3 is 2.50 bits per heavy atom. The maximum atomic E-state index is 13.0. The molecule has 2 saturated heterocycles. The molecule has 0 aromatic heterocycles. The molecule has 0 radical (unpaired) electrons. The van der Waals surface area contributed by atoms with Crippen LogP contribution in [-0.4, -0.2) is 54.2 Å². The Morgan fingerprint density at radius 2 is 2.05 bits per heavy atom. The van der Waals surface area contributed by atoms with Gasteiger partial charge in [-0.05, 0) is 25.8 Å². The molecule has 5 nitrogen and oxygen atoms in total. The van der Waals surface area contributed by atoms with Crippen LogP contribution in [0.25, 0.3) is 0 Å². The number of nitrogens with one attached hydrogen (secondary N) is 1. The normalized spacial score (nSPS) is 31.4. The van der Waals surface area contributed by atoms with E-state index >= 15 is 0 Å². The van der Waals surface area contributed by atoms with Crippen molar-refractivity contribution in [1.82, 2.24) is 10.2 Å². The summed E-state index contributed by atoms with van der Waals surface area (Å²) in [6.07, 6.45) is -3.99. The SMILES string of the molecule is O=C([C@H]1CCCNC1)N1CCC(C(=O)O)(C(F)(F)F)C1. The van der Waals surface area contributed by atoms with Gasteiger partial charge in [-0.25, -0.2) is 0 Å². The number of alkyl halides is 3. The standard InChI is InChI=1S/C12H17F3N2O3/c13-12(14,15)11(10(19)20)3-5-17(7-11)9(18)8-2-1-4-16-6-8/h8,16H,1-7H2,(H,19,20)/t8-,11?/m0/s1. The second-order valence-corrected chi connectivity index (χ2v) is 5.44. The minimum atomic E-state index is -4.85. The van der Waals surface area contributed by atoms with Crippen molar-refractivity contribution in [3.05, 3.63) is 0 Å². The van der Waals surface area contributed by atoms with Gasteiger partial charge in [-0.3, -0.25) is 9.59 Å². The number of piperidine rings is 1. The number of hydrogen-bond acceptors (Lipinski definition) is 3. The van der Waals surface area contributed by atoms with Gasteiger partial charge in [0.15, 0.2) is 5.41 Å². The zero-order valence-corrected chi connectivity index (χ0v) is 10.9. The molecule has 2 atom stereocenters. The van der Waals surface area contributed by atoms with E-state index in [1.54, 1.807) is 0 Å². The zero-order valence-electron chi connectivity index (χ0n) is 10.9. The number of amides is 1. The average Bonchev–Trinajstić information content (AvgIpc) is 2.85. The van der Waals surface area contributed by atoms with E-state index in [9.17, 15) is 22.8 Å². The van der Waals surface area contributed by atoms with E-state index in [4.69, 9.17) is 5.11 Å². The number of hydrogen-bond donors (Lipinski definition) is 2. The van der Waals surface area contributed by atoms with Gasteiger partial charge in [0.05, 0.1) is 5.92 Å². The van der Waals surface area contributed by atoms with E-state index in [1.165, 1.54) is 0 Å². The molecule has 1 unspecified atom stereocenters. The van der Waals surface area contributed by atoms with E-state index in [0.717, 1.165) is 17.9 Å². The Kier molecular flexibility index (Phi) is 3.95. The summed E-state index contributed by atoms with van der Waals surface area (Å²) in [5.74, 6) is -2.62. The fraction of sp³-hybridized carbons (Fsp3) is 0.833. The van der Waals surface area contributed by atoms with Crippen LogP contribution in [0, 0.1) is 11.3 Å². The summed E-state index contributed by atoms with van der Waals surface area (Å²) in [5, 5.41) is 12.0. The maximum absolute atomic E-state index is 13.0. The molecule has 2 aliphatic heterocycles. The number of carboxylic acid groups (broad SMARTS) is 1. The molecule has 0 bridgehead atoms. The van der Waals surface area contributed by atoms with Crippen LogP contribution in [-0.2, 0) is 9.59 Å². The van der Waals surface area contributed by atoms with Gasteiger partial charge in [-0.1, -0.05) is 0 Å². The molecular formula is C12H17F3N2O3. The average molecular weight is 294 g/mol. The third-order valence-corrected chi connectivity index (χ3v) is 4.18. The van der Waals surface area contributed by atoms with Crippen LogP contribution in [0.4, 0.5) is 13.2 Å². The molecule has 0 saturated carbocycles. The number of carboxylic acids is 1. The summed E-state index contributed by atoms with van der Waals surface area (Å²) in [6.45, 7) is 0.315. The van der Waals surface area contributed by atoms with Gasteiger partial charge < -0.3 is 15.3 Å². The molecule has 0 spiro atoms. The molecule has 0 aromatic rings. The first-order chi connectivity index (χ1) is 9.28. The number of aliphatic carboxylic acids is 1. The number of nitrogens with zero attached hydrogens (tertiary/aromatic N) is 1. The highest BCUT2D eigenvalue weighted by molar-refractivity contribution is 5.83. The molecule has 0 aromatic carbocycles. The molecular weight excluding hydrogens is 277 g/mol. The van der Waals surface area contributed by atoms with Crippen molar-refractivity contribution in [3.63, 3.8) is 0 Å². The molecule has 2 N–H and O–H groups in total. The van der Waals surface area contributed by atoms with Crippen LogP contribution in [0.2, 0.25) is 0 Å². The first-order valence-corrected chi connectivity index (χ1v) is 6.57. The Labute approximate surface area is 114 Å². The highest BCUT2D eigenvalue weighted by Gasteiger charge is 2.64.